The Bertz CT molecular complexity index is 735. The summed E-state index contributed by atoms with van der Waals surface area (Å²) in [7, 11) is 1.56. The minimum Gasteiger partial charge on any atom is -0.315 e. The van der Waals surface area contributed by atoms with E-state index in [1.54, 1.807) is 24.5 Å². The number of benzene rings is 1. The number of carbonyl (C=O) groups is 1. The first-order valence-electron chi connectivity index (χ1n) is 7.08. The van der Waals surface area contributed by atoms with Crippen LogP contribution in [0.15, 0.2) is 29.6 Å². The number of para-hydroxylation sites is 1. The summed E-state index contributed by atoms with van der Waals surface area (Å²) >= 11 is 5.05. The predicted molar refractivity (Wildman–Crippen MR) is 82.3 cm³/mol. The van der Waals surface area contributed by atoms with Gasteiger partial charge in [0, 0.05) is 30.1 Å². The molecule has 3 heterocycles. The van der Waals surface area contributed by atoms with Crippen LogP contribution in [0.3, 0.4) is 0 Å². The maximum Gasteiger partial charge on any atom is 0.287 e. The Labute approximate surface area is 132 Å². The number of amides is 1. The number of hydroxylamine groups is 1. The lowest BCUT2D eigenvalue weighted by molar-refractivity contribution is -0.161. The molecule has 4 rings (SSSR count). The van der Waals surface area contributed by atoms with Crippen LogP contribution in [0.5, 0.6) is 0 Å². The summed E-state index contributed by atoms with van der Waals surface area (Å²) in [5.74, 6) is -0.0286. The van der Waals surface area contributed by atoms with Gasteiger partial charge in [0.1, 0.15) is 11.6 Å². The second-order valence-electron chi connectivity index (χ2n) is 5.60. The van der Waals surface area contributed by atoms with Crippen molar-refractivity contribution in [1.82, 2.24) is 10.4 Å². The lowest BCUT2D eigenvalue weighted by Gasteiger charge is -2.34. The van der Waals surface area contributed by atoms with Gasteiger partial charge in [0.25, 0.3) is 11.6 Å². The number of carbonyl (C=O) groups excluding carboxylic acids is 1. The molecule has 1 atom stereocenters. The average Bonchev–Trinajstić information content (AvgIpc) is 3.02. The zero-order valence-electron chi connectivity index (χ0n) is 11.9. The Morgan fingerprint density at radius 1 is 1.50 bits per heavy atom. The molecule has 5 nitrogen and oxygen atoms in total. The van der Waals surface area contributed by atoms with Gasteiger partial charge in [-0.05, 0) is 18.9 Å². The molecule has 3 aliphatic heterocycles. The van der Waals surface area contributed by atoms with Crippen LogP contribution in [-0.4, -0.2) is 29.8 Å². The monoisotopic (exact) mass is 319 g/mol. The quantitative estimate of drug-likeness (QED) is 0.800. The van der Waals surface area contributed by atoms with Crippen molar-refractivity contribution in [3.63, 3.8) is 0 Å². The Hall–Kier alpha value is -1.99. The van der Waals surface area contributed by atoms with E-state index in [-0.39, 0.29) is 11.6 Å². The second kappa shape index (κ2) is 4.50. The normalized spacial score (nSPS) is 26.4. The van der Waals surface area contributed by atoms with Gasteiger partial charge in [-0.15, -0.1) is 0 Å². The largest absolute Gasteiger partial charge is 0.315 e. The van der Waals surface area contributed by atoms with Crippen molar-refractivity contribution in [3.8, 4) is 0 Å². The second-order valence-corrected chi connectivity index (χ2v) is 5.83. The highest BCUT2D eigenvalue weighted by Crippen LogP contribution is 2.50. The third-order valence-electron chi connectivity index (χ3n) is 4.50. The molecule has 114 valence electrons. The van der Waals surface area contributed by atoms with E-state index in [2.05, 4.69) is 5.48 Å². The first-order chi connectivity index (χ1) is 10.6. The number of thiocarbonyl (C=S) groups is 1. The Morgan fingerprint density at radius 3 is 3.09 bits per heavy atom. The molecule has 7 heteroatoms. The average molecular weight is 319 g/mol. The highest BCUT2D eigenvalue weighted by Gasteiger charge is 2.61. The van der Waals surface area contributed by atoms with Crippen LogP contribution in [0.25, 0.3) is 0 Å². The first kappa shape index (κ1) is 13.7. The number of halogens is 1. The molecular formula is C15H14FN3O2S. The highest BCUT2D eigenvalue weighted by molar-refractivity contribution is 7.79. The van der Waals surface area contributed by atoms with E-state index in [4.69, 9.17) is 17.1 Å². The predicted octanol–water partition coefficient (Wildman–Crippen LogP) is 1.80. The molecule has 1 amide bonds. The van der Waals surface area contributed by atoms with Crippen LogP contribution >= 0.6 is 12.2 Å². The molecule has 0 radical (unpaired) electrons. The molecule has 0 aliphatic carbocycles. The molecule has 1 N–H and O–H groups in total. The smallest absolute Gasteiger partial charge is 0.287 e. The fourth-order valence-electron chi connectivity index (χ4n) is 3.49. The number of fused-ring (bicyclic) bond motifs is 4. The van der Waals surface area contributed by atoms with E-state index in [1.807, 2.05) is 4.90 Å². The summed E-state index contributed by atoms with van der Waals surface area (Å²) in [6, 6.07) is 4.67. The van der Waals surface area contributed by atoms with Crippen molar-refractivity contribution in [2.75, 3.05) is 18.5 Å². The van der Waals surface area contributed by atoms with Crippen LogP contribution in [0.1, 0.15) is 18.4 Å². The topological polar surface area (TPSA) is 44.8 Å². The number of nitrogens with zero attached hydrogens (tertiary/aromatic N) is 2. The first-order valence-corrected chi connectivity index (χ1v) is 7.55. The summed E-state index contributed by atoms with van der Waals surface area (Å²) in [5.41, 5.74) is 3.22. The van der Waals surface area contributed by atoms with Crippen molar-refractivity contribution in [1.29, 1.82) is 0 Å². The molecule has 22 heavy (non-hydrogen) atoms. The van der Waals surface area contributed by atoms with Crippen molar-refractivity contribution < 1.29 is 14.0 Å². The number of anilines is 1. The molecule has 3 aliphatic rings. The van der Waals surface area contributed by atoms with Crippen LogP contribution in [0.2, 0.25) is 0 Å². The van der Waals surface area contributed by atoms with Gasteiger partial charge in [-0.2, -0.15) is 0 Å². The van der Waals surface area contributed by atoms with Gasteiger partial charge in [-0.1, -0.05) is 24.4 Å². The minimum absolute atomic E-state index is 0.269. The lowest BCUT2D eigenvalue weighted by atomic mass is 9.99. The van der Waals surface area contributed by atoms with Crippen LogP contribution in [-0.2, 0) is 15.4 Å². The van der Waals surface area contributed by atoms with E-state index < -0.39 is 11.5 Å². The van der Waals surface area contributed by atoms with E-state index in [0.29, 0.717) is 17.9 Å². The van der Waals surface area contributed by atoms with E-state index in [9.17, 15) is 9.18 Å². The van der Waals surface area contributed by atoms with Crippen LogP contribution in [0, 0.1) is 5.82 Å². The molecule has 1 fully saturated rings. The summed E-state index contributed by atoms with van der Waals surface area (Å²) in [4.78, 5) is 21.8. The maximum atomic E-state index is 14.2. The molecule has 0 saturated carbocycles. The molecule has 0 bridgehead atoms. The van der Waals surface area contributed by atoms with E-state index in [0.717, 1.165) is 18.4 Å². The lowest BCUT2D eigenvalue weighted by Crippen LogP contribution is -2.50. The SMILES string of the molecule is CN1C(=O)C2(ONC3=C(C=S)CCCN32)c2cccc(F)c21. The number of allylic oxidation sites excluding steroid dienone is 1. The molecule has 0 aromatic heterocycles. The van der Waals surface area contributed by atoms with Gasteiger partial charge in [-0.25, -0.2) is 14.7 Å². The van der Waals surface area contributed by atoms with E-state index >= 15 is 0 Å². The van der Waals surface area contributed by atoms with Gasteiger partial charge in [-0.3, -0.25) is 4.79 Å². The minimum atomic E-state index is -1.34. The fourth-order valence-corrected chi connectivity index (χ4v) is 3.72. The Kier molecular flexibility index (Phi) is 2.79. The summed E-state index contributed by atoms with van der Waals surface area (Å²) < 4.78 is 14.2. The molecule has 1 unspecified atom stereocenters. The Balaban J connectivity index is 1.95. The third kappa shape index (κ3) is 1.45. The van der Waals surface area contributed by atoms with Crippen molar-refractivity contribution in [2.24, 2.45) is 0 Å². The number of nitrogens with one attached hydrogen (secondary N) is 1. The molecule has 1 spiro atoms. The molecule has 1 aromatic rings. The van der Waals surface area contributed by atoms with Gasteiger partial charge in [0.2, 0.25) is 0 Å². The van der Waals surface area contributed by atoms with Crippen molar-refractivity contribution in [2.45, 2.75) is 18.6 Å². The number of hydrogen-bond donors (Lipinski definition) is 1. The fraction of sp³-hybridized carbons (Fsp3) is 0.333. The van der Waals surface area contributed by atoms with Gasteiger partial charge in [0.05, 0.1) is 5.69 Å². The van der Waals surface area contributed by atoms with Crippen molar-refractivity contribution >= 4 is 29.2 Å². The number of rotatable bonds is 1. The van der Waals surface area contributed by atoms with E-state index in [1.165, 1.54) is 11.0 Å². The Morgan fingerprint density at radius 2 is 2.32 bits per heavy atom. The van der Waals surface area contributed by atoms with Crippen LogP contribution in [0.4, 0.5) is 10.1 Å². The standard InChI is InChI=1S/C15H14FN3O2S/c1-18-12-10(5-2-6-11(12)16)15(14(18)20)19-7-3-4-9(8-22)13(19)17-21-15/h2,5-6,8,17H,3-4,7H2,1H3. The number of hydrogen-bond acceptors (Lipinski definition) is 5. The van der Waals surface area contributed by atoms with Gasteiger partial charge in [0.15, 0.2) is 0 Å². The number of likely N-dealkylation sites (N-methyl/N-ethyl adjacent to an activating group) is 1. The van der Waals surface area contributed by atoms with Crippen LogP contribution < -0.4 is 10.4 Å². The molecule has 1 saturated heterocycles. The molecule has 1 aromatic carbocycles. The summed E-state index contributed by atoms with van der Waals surface area (Å²) in [6.45, 7) is 0.643. The zero-order valence-corrected chi connectivity index (χ0v) is 12.7. The third-order valence-corrected chi connectivity index (χ3v) is 4.79. The highest BCUT2D eigenvalue weighted by atomic mass is 32.1. The summed E-state index contributed by atoms with van der Waals surface area (Å²) in [6.07, 6.45) is 1.70. The van der Waals surface area contributed by atoms with Gasteiger partial charge < -0.3 is 9.80 Å². The molecular weight excluding hydrogens is 305 g/mol. The maximum absolute atomic E-state index is 14.2. The zero-order chi connectivity index (χ0) is 15.5. The summed E-state index contributed by atoms with van der Waals surface area (Å²) in [5, 5.41) is 1.60. The van der Waals surface area contributed by atoms with Crippen molar-refractivity contribution in [3.05, 3.63) is 41.0 Å². The van der Waals surface area contributed by atoms with Gasteiger partial charge >= 0.3 is 0 Å².